The molecule has 96 valence electrons. The summed E-state index contributed by atoms with van der Waals surface area (Å²) in [6.45, 7) is 4.75. The van der Waals surface area contributed by atoms with Gasteiger partial charge in [0, 0.05) is 12.7 Å². The molecule has 1 N–H and O–H groups in total. The first-order chi connectivity index (χ1) is 8.67. The smallest absolute Gasteiger partial charge is 0.347 e. The highest BCUT2D eigenvalue weighted by molar-refractivity contribution is 7.17. The average Bonchev–Trinajstić information content (AvgIpc) is 2.94. The highest BCUT2D eigenvalue weighted by Gasteiger charge is 2.19. The van der Waals surface area contributed by atoms with Crippen molar-refractivity contribution in [2.75, 3.05) is 0 Å². The summed E-state index contributed by atoms with van der Waals surface area (Å²) in [5.74, 6) is -0.898. The van der Waals surface area contributed by atoms with Crippen LogP contribution in [-0.2, 0) is 13.0 Å². The maximum atomic E-state index is 11.2. The monoisotopic (exact) mass is 265 g/mol. The molecule has 2 aromatic rings. The van der Waals surface area contributed by atoms with Gasteiger partial charge in [-0.05, 0) is 19.4 Å². The number of aromatic carboxylic acids is 1. The third-order valence-corrected chi connectivity index (χ3v) is 3.72. The maximum absolute atomic E-state index is 11.2. The van der Waals surface area contributed by atoms with Crippen LogP contribution in [-0.4, -0.2) is 25.8 Å². The van der Waals surface area contributed by atoms with Gasteiger partial charge in [0.2, 0.25) is 0 Å². The van der Waals surface area contributed by atoms with Gasteiger partial charge in [0.15, 0.2) is 0 Å². The van der Waals surface area contributed by atoms with Crippen LogP contribution >= 0.6 is 11.3 Å². The first kappa shape index (κ1) is 12.8. The molecule has 0 unspecified atom stereocenters. The fourth-order valence-electron chi connectivity index (χ4n) is 1.80. The molecule has 5 nitrogen and oxygen atoms in total. The minimum Gasteiger partial charge on any atom is -0.477 e. The van der Waals surface area contributed by atoms with Crippen LogP contribution in [0, 0.1) is 0 Å². The second-order valence-electron chi connectivity index (χ2n) is 3.88. The summed E-state index contributed by atoms with van der Waals surface area (Å²) in [5.41, 5.74) is 1.56. The fourth-order valence-corrected chi connectivity index (χ4v) is 2.78. The number of thiazole rings is 1. The van der Waals surface area contributed by atoms with E-state index >= 15 is 0 Å². The van der Waals surface area contributed by atoms with Crippen molar-refractivity contribution in [3.8, 4) is 10.7 Å². The van der Waals surface area contributed by atoms with Gasteiger partial charge in [0.05, 0.1) is 11.4 Å². The van der Waals surface area contributed by atoms with Crippen molar-refractivity contribution in [1.82, 2.24) is 14.8 Å². The van der Waals surface area contributed by atoms with Crippen LogP contribution in [0.25, 0.3) is 10.7 Å². The predicted molar refractivity (Wildman–Crippen MR) is 70.0 cm³/mol. The summed E-state index contributed by atoms with van der Waals surface area (Å²) in [4.78, 5) is 16.0. The minimum atomic E-state index is -0.898. The lowest BCUT2D eigenvalue weighted by Gasteiger charge is -1.99. The van der Waals surface area contributed by atoms with E-state index in [1.54, 1.807) is 6.20 Å². The first-order valence-corrected chi connectivity index (χ1v) is 6.74. The van der Waals surface area contributed by atoms with E-state index in [0.29, 0.717) is 17.0 Å². The Morgan fingerprint density at radius 3 is 2.89 bits per heavy atom. The summed E-state index contributed by atoms with van der Waals surface area (Å²) in [6.07, 6.45) is 3.29. The third-order valence-electron chi connectivity index (χ3n) is 2.61. The number of hydrogen-bond donors (Lipinski definition) is 1. The molecular weight excluding hydrogens is 250 g/mol. The van der Waals surface area contributed by atoms with Gasteiger partial charge in [-0.15, -0.1) is 11.3 Å². The number of rotatable bonds is 5. The topological polar surface area (TPSA) is 68.0 Å². The lowest BCUT2D eigenvalue weighted by atomic mass is 10.2. The molecule has 0 atom stereocenters. The molecule has 0 aliphatic heterocycles. The van der Waals surface area contributed by atoms with E-state index in [0.717, 1.165) is 23.7 Å². The predicted octanol–water partition coefficient (Wildman–Crippen LogP) is 2.68. The Balaban J connectivity index is 2.46. The van der Waals surface area contributed by atoms with Crippen molar-refractivity contribution in [2.24, 2.45) is 0 Å². The molecule has 0 aliphatic rings. The summed E-state index contributed by atoms with van der Waals surface area (Å²) >= 11 is 1.22. The summed E-state index contributed by atoms with van der Waals surface area (Å²) in [7, 11) is 0. The number of carboxylic acid groups (broad SMARTS) is 1. The Bertz CT molecular complexity index is 559. The molecule has 0 amide bonds. The molecule has 2 heterocycles. The number of nitrogens with zero attached hydrogens (tertiary/aromatic N) is 3. The van der Waals surface area contributed by atoms with Gasteiger partial charge in [0.1, 0.15) is 9.88 Å². The standard InChI is InChI=1S/C12H15N3O2S/c1-3-5-8-10(12(16)17)18-11(14-8)9-6-7-13-15(9)4-2/h6-7H,3-5H2,1-2H3,(H,16,17). The SMILES string of the molecule is CCCc1nc(-c2ccnn2CC)sc1C(=O)O. The van der Waals surface area contributed by atoms with Gasteiger partial charge in [-0.25, -0.2) is 9.78 Å². The van der Waals surface area contributed by atoms with Crippen molar-refractivity contribution >= 4 is 17.3 Å². The molecule has 0 fully saturated rings. The molecular formula is C12H15N3O2S. The van der Waals surface area contributed by atoms with E-state index in [1.807, 2.05) is 24.6 Å². The van der Waals surface area contributed by atoms with Crippen LogP contribution < -0.4 is 0 Å². The highest BCUT2D eigenvalue weighted by Crippen LogP contribution is 2.28. The van der Waals surface area contributed by atoms with Crippen LogP contribution in [0.4, 0.5) is 0 Å². The van der Waals surface area contributed by atoms with Crippen molar-refractivity contribution in [1.29, 1.82) is 0 Å². The van der Waals surface area contributed by atoms with E-state index in [9.17, 15) is 9.90 Å². The number of carboxylic acids is 1. The van der Waals surface area contributed by atoms with Gasteiger partial charge in [-0.1, -0.05) is 13.3 Å². The first-order valence-electron chi connectivity index (χ1n) is 5.92. The molecule has 0 radical (unpaired) electrons. The Labute approximate surface area is 109 Å². The summed E-state index contributed by atoms with van der Waals surface area (Å²) < 4.78 is 1.82. The second kappa shape index (κ2) is 5.30. The fraction of sp³-hybridized carbons (Fsp3) is 0.417. The van der Waals surface area contributed by atoms with E-state index in [2.05, 4.69) is 10.1 Å². The number of carbonyl (C=O) groups is 1. The van der Waals surface area contributed by atoms with Crippen LogP contribution in [0.2, 0.25) is 0 Å². The van der Waals surface area contributed by atoms with E-state index < -0.39 is 5.97 Å². The Hall–Kier alpha value is -1.69. The molecule has 6 heteroatoms. The normalized spacial score (nSPS) is 10.8. The molecule has 0 aliphatic carbocycles. The Morgan fingerprint density at radius 1 is 1.50 bits per heavy atom. The minimum absolute atomic E-state index is 0.343. The molecule has 0 bridgehead atoms. The maximum Gasteiger partial charge on any atom is 0.347 e. The molecule has 2 rings (SSSR count). The zero-order chi connectivity index (χ0) is 13.1. The quantitative estimate of drug-likeness (QED) is 0.902. The van der Waals surface area contributed by atoms with Gasteiger partial charge in [-0.3, -0.25) is 4.68 Å². The highest BCUT2D eigenvalue weighted by atomic mass is 32.1. The number of aromatic nitrogens is 3. The van der Waals surface area contributed by atoms with Gasteiger partial charge in [0.25, 0.3) is 0 Å². The van der Waals surface area contributed by atoms with Crippen molar-refractivity contribution in [3.63, 3.8) is 0 Å². The molecule has 2 aromatic heterocycles. The van der Waals surface area contributed by atoms with Gasteiger partial charge in [-0.2, -0.15) is 5.10 Å². The lowest BCUT2D eigenvalue weighted by molar-refractivity contribution is 0.0700. The number of hydrogen-bond acceptors (Lipinski definition) is 4. The molecule has 0 saturated heterocycles. The van der Waals surface area contributed by atoms with Gasteiger partial charge < -0.3 is 5.11 Å². The van der Waals surface area contributed by atoms with Crippen molar-refractivity contribution < 1.29 is 9.90 Å². The van der Waals surface area contributed by atoms with E-state index in [1.165, 1.54) is 11.3 Å². The Morgan fingerprint density at radius 2 is 2.28 bits per heavy atom. The second-order valence-corrected chi connectivity index (χ2v) is 4.88. The Kier molecular flexibility index (Phi) is 3.76. The molecule has 0 saturated carbocycles. The molecule has 18 heavy (non-hydrogen) atoms. The molecule has 0 aromatic carbocycles. The third kappa shape index (κ3) is 2.28. The van der Waals surface area contributed by atoms with Crippen LogP contribution in [0.3, 0.4) is 0 Å². The summed E-state index contributed by atoms with van der Waals surface area (Å²) in [6, 6.07) is 1.86. The van der Waals surface area contributed by atoms with Crippen molar-refractivity contribution in [3.05, 3.63) is 22.8 Å². The zero-order valence-electron chi connectivity index (χ0n) is 10.4. The average molecular weight is 265 g/mol. The molecule has 0 spiro atoms. The van der Waals surface area contributed by atoms with Crippen molar-refractivity contribution in [2.45, 2.75) is 33.2 Å². The zero-order valence-corrected chi connectivity index (χ0v) is 11.2. The van der Waals surface area contributed by atoms with Crippen LogP contribution in [0.15, 0.2) is 12.3 Å². The van der Waals surface area contributed by atoms with E-state index in [4.69, 9.17) is 0 Å². The number of aryl methyl sites for hydroxylation is 2. The largest absolute Gasteiger partial charge is 0.477 e. The summed E-state index contributed by atoms with van der Waals surface area (Å²) in [5, 5.41) is 14.1. The van der Waals surface area contributed by atoms with Gasteiger partial charge >= 0.3 is 5.97 Å². The lowest BCUT2D eigenvalue weighted by Crippen LogP contribution is -1.99. The van der Waals surface area contributed by atoms with Crippen LogP contribution in [0.1, 0.15) is 35.6 Å². The van der Waals surface area contributed by atoms with E-state index in [-0.39, 0.29) is 0 Å². The van der Waals surface area contributed by atoms with Crippen LogP contribution in [0.5, 0.6) is 0 Å².